The molecule has 4 nitrogen and oxygen atoms in total. The van der Waals surface area contributed by atoms with Gasteiger partial charge in [0.2, 0.25) is 0 Å². The van der Waals surface area contributed by atoms with E-state index in [4.69, 9.17) is 4.74 Å². The van der Waals surface area contributed by atoms with E-state index in [1.807, 2.05) is 12.1 Å². The van der Waals surface area contributed by atoms with Crippen molar-refractivity contribution in [3.05, 3.63) is 29.8 Å². The first-order valence-corrected chi connectivity index (χ1v) is 6.92. The average molecular weight is 267 g/mol. The van der Waals surface area contributed by atoms with Crippen LogP contribution in [0.4, 0.5) is 0 Å². The number of likely N-dealkylation sites (N-methyl/N-ethyl adjacent to an activating group) is 1. The normalized spacial score (nSPS) is 14.1. The molecule has 0 radical (unpaired) electrons. The molecule has 0 bridgehead atoms. The topological polar surface area (TPSA) is 61.7 Å². The summed E-state index contributed by atoms with van der Waals surface area (Å²) in [7, 11) is 1.74. The zero-order chi connectivity index (χ0) is 14.1. The van der Waals surface area contributed by atoms with Crippen molar-refractivity contribution in [3.63, 3.8) is 0 Å². The van der Waals surface area contributed by atoms with Gasteiger partial charge in [-0.05, 0) is 31.2 Å². The molecule has 0 aliphatic carbocycles. The first kappa shape index (κ1) is 16.0. The lowest BCUT2D eigenvalue weighted by atomic mass is 10.0. The van der Waals surface area contributed by atoms with Crippen LogP contribution in [0.15, 0.2) is 24.3 Å². The van der Waals surface area contributed by atoms with E-state index in [1.165, 1.54) is 12.8 Å². The van der Waals surface area contributed by atoms with Gasteiger partial charge in [0.15, 0.2) is 0 Å². The Balaban J connectivity index is 2.46. The molecule has 0 aromatic heterocycles. The second kappa shape index (κ2) is 8.91. The first-order valence-electron chi connectivity index (χ1n) is 6.92. The third kappa shape index (κ3) is 5.59. The van der Waals surface area contributed by atoms with E-state index in [-0.39, 0.29) is 0 Å². The highest BCUT2D eigenvalue weighted by Crippen LogP contribution is 2.20. The number of hydrogen-bond donors (Lipinski definition) is 3. The summed E-state index contributed by atoms with van der Waals surface area (Å²) in [5.74, 6) is 0.801. The van der Waals surface area contributed by atoms with Crippen molar-refractivity contribution >= 4 is 0 Å². The van der Waals surface area contributed by atoms with Gasteiger partial charge in [0.25, 0.3) is 0 Å². The Morgan fingerprint density at radius 3 is 2.42 bits per heavy atom. The SMILES string of the molecule is CCCCCOc1ccc(C(O)C(O)CNC)cc1. The first-order chi connectivity index (χ1) is 9.19. The lowest BCUT2D eigenvalue weighted by Gasteiger charge is -2.18. The number of rotatable bonds is 9. The van der Waals surface area contributed by atoms with Gasteiger partial charge in [-0.3, -0.25) is 0 Å². The summed E-state index contributed by atoms with van der Waals surface area (Å²) in [5, 5.41) is 22.5. The maximum atomic E-state index is 9.93. The molecule has 1 rings (SSSR count). The summed E-state index contributed by atoms with van der Waals surface area (Å²) in [6.07, 6.45) is 1.73. The summed E-state index contributed by atoms with van der Waals surface area (Å²) >= 11 is 0. The molecule has 1 aromatic rings. The minimum atomic E-state index is -0.874. The minimum absolute atomic E-state index is 0.358. The predicted octanol–water partition coefficient (Wildman–Crippen LogP) is 1.87. The molecule has 1 aromatic carbocycles. The second-order valence-electron chi connectivity index (χ2n) is 4.69. The molecule has 0 spiro atoms. The number of aliphatic hydroxyl groups is 2. The number of nitrogens with one attached hydrogen (secondary N) is 1. The van der Waals surface area contributed by atoms with Gasteiger partial charge < -0.3 is 20.3 Å². The molecule has 108 valence electrons. The Hall–Kier alpha value is -1.10. The van der Waals surface area contributed by atoms with Crippen molar-refractivity contribution < 1.29 is 14.9 Å². The van der Waals surface area contributed by atoms with Gasteiger partial charge in [0.05, 0.1) is 12.7 Å². The Morgan fingerprint density at radius 1 is 1.16 bits per heavy atom. The van der Waals surface area contributed by atoms with E-state index in [0.717, 1.165) is 18.8 Å². The van der Waals surface area contributed by atoms with Crippen LogP contribution in [0.25, 0.3) is 0 Å². The minimum Gasteiger partial charge on any atom is -0.494 e. The van der Waals surface area contributed by atoms with Gasteiger partial charge in [-0.1, -0.05) is 31.9 Å². The van der Waals surface area contributed by atoms with Crippen molar-refractivity contribution in [1.29, 1.82) is 0 Å². The maximum absolute atomic E-state index is 9.93. The molecule has 0 saturated carbocycles. The number of aliphatic hydroxyl groups excluding tert-OH is 2. The van der Waals surface area contributed by atoms with Crippen molar-refractivity contribution in [2.24, 2.45) is 0 Å². The van der Waals surface area contributed by atoms with Crippen LogP contribution >= 0.6 is 0 Å². The van der Waals surface area contributed by atoms with Crippen LogP contribution in [0.3, 0.4) is 0 Å². The van der Waals surface area contributed by atoms with Gasteiger partial charge in [-0.2, -0.15) is 0 Å². The van der Waals surface area contributed by atoms with E-state index in [9.17, 15) is 10.2 Å². The van der Waals surface area contributed by atoms with Gasteiger partial charge >= 0.3 is 0 Å². The maximum Gasteiger partial charge on any atom is 0.119 e. The van der Waals surface area contributed by atoms with E-state index < -0.39 is 12.2 Å². The van der Waals surface area contributed by atoms with Crippen LogP contribution < -0.4 is 10.1 Å². The monoisotopic (exact) mass is 267 g/mol. The summed E-state index contributed by atoms with van der Waals surface area (Å²) in [4.78, 5) is 0. The fourth-order valence-electron chi connectivity index (χ4n) is 1.85. The molecule has 0 saturated heterocycles. The predicted molar refractivity (Wildman–Crippen MR) is 76.4 cm³/mol. The smallest absolute Gasteiger partial charge is 0.119 e. The van der Waals surface area contributed by atoms with Crippen LogP contribution in [0.5, 0.6) is 5.75 Å². The molecule has 4 heteroatoms. The molecule has 0 heterocycles. The molecule has 3 N–H and O–H groups in total. The molecule has 0 aliphatic heterocycles. The highest BCUT2D eigenvalue weighted by Gasteiger charge is 2.17. The molecular weight excluding hydrogens is 242 g/mol. The van der Waals surface area contributed by atoms with Gasteiger partial charge in [0, 0.05) is 6.54 Å². The molecule has 2 atom stereocenters. The molecule has 19 heavy (non-hydrogen) atoms. The lowest BCUT2D eigenvalue weighted by Crippen LogP contribution is -2.29. The van der Waals surface area contributed by atoms with E-state index in [0.29, 0.717) is 12.1 Å². The van der Waals surface area contributed by atoms with Crippen LogP contribution in [0.1, 0.15) is 37.9 Å². The van der Waals surface area contributed by atoms with Crippen molar-refractivity contribution in [3.8, 4) is 5.75 Å². The highest BCUT2D eigenvalue weighted by molar-refractivity contribution is 5.29. The quantitative estimate of drug-likeness (QED) is 0.598. The molecule has 0 amide bonds. The summed E-state index contributed by atoms with van der Waals surface area (Å²) in [6, 6.07) is 7.24. The number of hydrogen-bond acceptors (Lipinski definition) is 4. The Bertz CT molecular complexity index is 340. The Morgan fingerprint density at radius 2 is 1.84 bits per heavy atom. The average Bonchev–Trinajstić information content (AvgIpc) is 2.44. The fourth-order valence-corrected chi connectivity index (χ4v) is 1.85. The third-order valence-corrected chi connectivity index (χ3v) is 3.02. The summed E-state index contributed by atoms with van der Waals surface area (Å²) < 4.78 is 5.59. The molecule has 0 fully saturated rings. The summed E-state index contributed by atoms with van der Waals surface area (Å²) in [5.41, 5.74) is 0.698. The number of unbranched alkanes of at least 4 members (excludes halogenated alkanes) is 2. The van der Waals surface area contributed by atoms with E-state index in [1.54, 1.807) is 19.2 Å². The zero-order valence-electron chi connectivity index (χ0n) is 11.8. The van der Waals surface area contributed by atoms with Crippen molar-refractivity contribution in [2.45, 2.75) is 38.4 Å². The lowest BCUT2D eigenvalue weighted by molar-refractivity contribution is 0.0202. The van der Waals surface area contributed by atoms with Gasteiger partial charge in [-0.25, -0.2) is 0 Å². The molecule has 2 unspecified atom stereocenters. The van der Waals surface area contributed by atoms with Gasteiger partial charge in [-0.15, -0.1) is 0 Å². The van der Waals surface area contributed by atoms with Crippen LogP contribution in [0, 0.1) is 0 Å². The van der Waals surface area contributed by atoms with Gasteiger partial charge in [0.1, 0.15) is 11.9 Å². The standard InChI is InChI=1S/C15H25NO3/c1-3-4-5-10-19-13-8-6-12(7-9-13)15(18)14(17)11-16-2/h6-9,14-18H,3-5,10-11H2,1-2H3. The Kier molecular flexibility index (Phi) is 7.48. The van der Waals surface area contributed by atoms with E-state index >= 15 is 0 Å². The van der Waals surface area contributed by atoms with Crippen LogP contribution in [-0.4, -0.2) is 36.5 Å². The second-order valence-corrected chi connectivity index (χ2v) is 4.69. The molecule has 0 aliphatic rings. The number of ether oxygens (including phenoxy) is 1. The van der Waals surface area contributed by atoms with Crippen LogP contribution in [0.2, 0.25) is 0 Å². The van der Waals surface area contributed by atoms with Crippen LogP contribution in [-0.2, 0) is 0 Å². The zero-order valence-corrected chi connectivity index (χ0v) is 11.8. The van der Waals surface area contributed by atoms with E-state index in [2.05, 4.69) is 12.2 Å². The third-order valence-electron chi connectivity index (χ3n) is 3.02. The largest absolute Gasteiger partial charge is 0.494 e. The fraction of sp³-hybridized carbons (Fsp3) is 0.600. The summed E-state index contributed by atoms with van der Waals surface area (Å²) in [6.45, 7) is 3.24. The number of benzene rings is 1. The van der Waals surface area contributed by atoms with Crippen molar-refractivity contribution in [1.82, 2.24) is 5.32 Å². The highest BCUT2D eigenvalue weighted by atomic mass is 16.5. The van der Waals surface area contributed by atoms with Crippen molar-refractivity contribution in [2.75, 3.05) is 20.2 Å². The molecular formula is C15H25NO3. The Labute approximate surface area is 115 Å².